The van der Waals surface area contributed by atoms with E-state index >= 15 is 0 Å². The average Bonchev–Trinajstić information content (AvgIpc) is 3.19. The first-order chi connectivity index (χ1) is 13.8. The maximum absolute atomic E-state index is 12.2. The number of carbonyl (C=O) groups excluding carboxylic acids is 1. The van der Waals surface area contributed by atoms with Gasteiger partial charge in [0.05, 0.1) is 11.6 Å². The van der Waals surface area contributed by atoms with Crippen LogP contribution < -0.4 is 4.74 Å². The summed E-state index contributed by atoms with van der Waals surface area (Å²) in [6, 6.07) is 7.86. The molecule has 6 heteroatoms. The summed E-state index contributed by atoms with van der Waals surface area (Å²) in [5.41, 5.74) is 1.04. The number of rotatable bonds is 4. The Morgan fingerprint density at radius 3 is 2.48 bits per heavy atom. The molecule has 0 N–H and O–H groups in total. The molecule has 2 aliphatic rings. The van der Waals surface area contributed by atoms with Crippen molar-refractivity contribution in [1.82, 2.24) is 9.80 Å². The molecule has 1 amide bonds. The molecule has 0 radical (unpaired) electrons. The molecule has 0 aromatic heterocycles. The zero-order chi connectivity index (χ0) is 20.9. The molecule has 6 nitrogen and oxygen atoms in total. The summed E-state index contributed by atoms with van der Waals surface area (Å²) >= 11 is 0. The highest BCUT2D eigenvalue weighted by Crippen LogP contribution is 2.24. The monoisotopic (exact) mass is 397 g/mol. The van der Waals surface area contributed by atoms with Crippen LogP contribution in [0.15, 0.2) is 24.4 Å². The number of likely N-dealkylation sites (tertiary alicyclic amines) is 2. The number of benzene rings is 1. The fourth-order valence-electron chi connectivity index (χ4n) is 3.61. The lowest BCUT2D eigenvalue weighted by molar-refractivity contribution is 0.0126. The Morgan fingerprint density at radius 1 is 1.17 bits per heavy atom. The highest BCUT2D eigenvalue weighted by molar-refractivity contribution is 5.68. The lowest BCUT2D eigenvalue weighted by Gasteiger charge is -2.33. The van der Waals surface area contributed by atoms with Crippen LogP contribution in [0.2, 0.25) is 0 Å². The van der Waals surface area contributed by atoms with Crippen LogP contribution in [-0.4, -0.2) is 53.8 Å². The van der Waals surface area contributed by atoms with Crippen molar-refractivity contribution < 1.29 is 14.3 Å². The fraction of sp³-hybridized carbons (Fsp3) is 0.565. The molecule has 0 bridgehead atoms. The summed E-state index contributed by atoms with van der Waals surface area (Å²) < 4.78 is 11.6. The predicted octanol–water partition coefficient (Wildman–Crippen LogP) is 4.40. The molecule has 0 aliphatic carbocycles. The summed E-state index contributed by atoms with van der Waals surface area (Å²) in [6.45, 7) is 9.02. The van der Waals surface area contributed by atoms with Gasteiger partial charge >= 0.3 is 6.09 Å². The highest BCUT2D eigenvalue weighted by Gasteiger charge is 2.27. The Morgan fingerprint density at radius 2 is 1.86 bits per heavy atom. The molecule has 0 saturated carbocycles. The molecule has 3 rings (SSSR count). The number of carbonyl (C=O) groups is 1. The lowest BCUT2D eigenvalue weighted by atomic mass is 10.1. The molecule has 2 fully saturated rings. The summed E-state index contributed by atoms with van der Waals surface area (Å²) in [5, 5.41) is 9.40. The van der Waals surface area contributed by atoms with Gasteiger partial charge in [0.25, 0.3) is 0 Å². The minimum Gasteiger partial charge on any atom is -0.490 e. The average molecular weight is 398 g/mol. The molecule has 2 saturated heterocycles. The van der Waals surface area contributed by atoms with Gasteiger partial charge in [-0.05, 0) is 69.7 Å². The number of hydrogen-bond donors (Lipinski definition) is 0. The van der Waals surface area contributed by atoms with Gasteiger partial charge in [-0.2, -0.15) is 5.26 Å². The number of amides is 1. The van der Waals surface area contributed by atoms with Crippen molar-refractivity contribution in [2.45, 2.75) is 58.2 Å². The van der Waals surface area contributed by atoms with Crippen molar-refractivity contribution in [3.63, 3.8) is 0 Å². The topological polar surface area (TPSA) is 65.8 Å². The van der Waals surface area contributed by atoms with Crippen LogP contribution in [0, 0.1) is 11.3 Å². The van der Waals surface area contributed by atoms with Crippen molar-refractivity contribution in [3.05, 3.63) is 35.5 Å². The van der Waals surface area contributed by atoms with Gasteiger partial charge in [-0.3, -0.25) is 0 Å². The normalized spacial score (nSPS) is 18.1. The quantitative estimate of drug-likeness (QED) is 0.753. The van der Waals surface area contributed by atoms with Crippen LogP contribution in [0.4, 0.5) is 4.79 Å². The Labute approximate surface area is 173 Å². The van der Waals surface area contributed by atoms with Gasteiger partial charge in [-0.25, -0.2) is 4.79 Å². The summed E-state index contributed by atoms with van der Waals surface area (Å²) in [5.74, 6) is 0.765. The van der Waals surface area contributed by atoms with Crippen molar-refractivity contribution in [2.24, 2.45) is 0 Å². The van der Waals surface area contributed by atoms with Gasteiger partial charge in [0.15, 0.2) is 0 Å². The molecule has 0 atom stereocenters. The number of nitriles is 1. The zero-order valence-corrected chi connectivity index (χ0v) is 17.7. The van der Waals surface area contributed by atoms with E-state index in [0.29, 0.717) is 18.7 Å². The lowest BCUT2D eigenvalue weighted by Crippen LogP contribution is -2.44. The summed E-state index contributed by atoms with van der Waals surface area (Å²) in [7, 11) is 0. The van der Waals surface area contributed by atoms with E-state index in [9.17, 15) is 10.1 Å². The third kappa shape index (κ3) is 6.15. The number of piperidine rings is 1. The first-order valence-electron chi connectivity index (χ1n) is 10.4. The Balaban J connectivity index is 1.57. The van der Waals surface area contributed by atoms with Crippen LogP contribution in [0.25, 0.3) is 6.08 Å². The zero-order valence-electron chi connectivity index (χ0n) is 17.7. The molecule has 1 aromatic carbocycles. The van der Waals surface area contributed by atoms with E-state index in [4.69, 9.17) is 9.47 Å². The van der Waals surface area contributed by atoms with Crippen LogP contribution >= 0.6 is 0 Å². The van der Waals surface area contributed by atoms with Crippen LogP contribution in [0.1, 0.15) is 57.6 Å². The number of hydrogen-bond acceptors (Lipinski definition) is 5. The van der Waals surface area contributed by atoms with Crippen molar-refractivity contribution in [1.29, 1.82) is 5.26 Å². The van der Waals surface area contributed by atoms with Crippen molar-refractivity contribution >= 4 is 12.2 Å². The van der Waals surface area contributed by atoms with Crippen molar-refractivity contribution in [3.8, 4) is 11.8 Å². The Bertz CT molecular complexity index is 778. The van der Waals surface area contributed by atoms with Crippen LogP contribution in [-0.2, 0) is 4.74 Å². The SMILES string of the molecule is CC(C)(C)OC(=O)N1CCC(Oc2ccc(C#N)c(/C=C/N3CCCC3)c2)CC1. The molecular formula is C23H31N3O3. The molecule has 2 heterocycles. The largest absolute Gasteiger partial charge is 0.490 e. The predicted molar refractivity (Wildman–Crippen MR) is 112 cm³/mol. The third-order valence-electron chi connectivity index (χ3n) is 5.15. The van der Waals surface area contributed by atoms with Gasteiger partial charge in [0.1, 0.15) is 17.5 Å². The minimum absolute atomic E-state index is 0.0528. The van der Waals surface area contributed by atoms with E-state index in [2.05, 4.69) is 17.2 Å². The second-order valence-corrected chi connectivity index (χ2v) is 8.70. The van der Waals surface area contributed by atoms with Gasteiger partial charge < -0.3 is 19.3 Å². The third-order valence-corrected chi connectivity index (χ3v) is 5.15. The smallest absolute Gasteiger partial charge is 0.410 e. The first-order valence-corrected chi connectivity index (χ1v) is 10.4. The summed E-state index contributed by atoms with van der Waals surface area (Å²) in [6.07, 6.45) is 7.84. The maximum atomic E-state index is 12.2. The van der Waals surface area contributed by atoms with Crippen LogP contribution in [0.3, 0.4) is 0 Å². The molecule has 1 aromatic rings. The van der Waals surface area contributed by atoms with E-state index in [1.54, 1.807) is 4.90 Å². The van der Waals surface area contributed by atoms with E-state index in [-0.39, 0.29) is 12.2 Å². The van der Waals surface area contributed by atoms with E-state index in [1.807, 2.05) is 45.0 Å². The fourth-order valence-corrected chi connectivity index (χ4v) is 3.61. The van der Waals surface area contributed by atoms with E-state index < -0.39 is 5.60 Å². The molecule has 0 unspecified atom stereocenters. The summed E-state index contributed by atoms with van der Waals surface area (Å²) in [4.78, 5) is 16.2. The maximum Gasteiger partial charge on any atom is 0.410 e. The molecule has 2 aliphatic heterocycles. The second kappa shape index (κ2) is 9.21. The highest BCUT2D eigenvalue weighted by atomic mass is 16.6. The number of ether oxygens (including phenoxy) is 2. The van der Waals surface area contributed by atoms with E-state index in [0.717, 1.165) is 37.2 Å². The van der Waals surface area contributed by atoms with Gasteiger partial charge in [-0.1, -0.05) is 0 Å². The van der Waals surface area contributed by atoms with Crippen LogP contribution in [0.5, 0.6) is 5.75 Å². The van der Waals surface area contributed by atoms with Crippen molar-refractivity contribution in [2.75, 3.05) is 26.2 Å². The van der Waals surface area contributed by atoms with Gasteiger partial charge in [-0.15, -0.1) is 0 Å². The number of nitrogens with zero attached hydrogens (tertiary/aromatic N) is 3. The minimum atomic E-state index is -0.480. The Kier molecular flexibility index (Phi) is 6.68. The molecular weight excluding hydrogens is 366 g/mol. The second-order valence-electron chi connectivity index (χ2n) is 8.70. The first kappa shape index (κ1) is 21.0. The molecule has 0 spiro atoms. The molecule has 156 valence electrons. The van der Waals surface area contributed by atoms with Gasteiger partial charge in [0.2, 0.25) is 0 Å². The standard InChI is InChI=1S/C23H31N3O3/c1-23(2,3)29-22(27)26-14-9-20(10-15-26)28-21-7-6-19(17-24)18(16-21)8-13-25-11-4-5-12-25/h6-8,13,16,20H,4-5,9-12,14-15H2,1-3H3/b13-8+. The molecule has 29 heavy (non-hydrogen) atoms. The van der Waals surface area contributed by atoms with E-state index in [1.165, 1.54) is 12.8 Å². The Hall–Kier alpha value is -2.68. The van der Waals surface area contributed by atoms with Gasteiger partial charge in [0, 0.05) is 39.0 Å².